The molecule has 0 spiro atoms. The quantitative estimate of drug-likeness (QED) is 0.869. The van der Waals surface area contributed by atoms with Crippen LogP contribution in [0.1, 0.15) is 31.2 Å². The molecule has 1 aromatic rings. The van der Waals surface area contributed by atoms with Gasteiger partial charge in [0.2, 0.25) is 11.8 Å². The van der Waals surface area contributed by atoms with E-state index in [0.717, 1.165) is 44.3 Å². The lowest BCUT2D eigenvalue weighted by molar-refractivity contribution is -0.136. The summed E-state index contributed by atoms with van der Waals surface area (Å²) >= 11 is 0. The fraction of sp³-hybridized carbons (Fsp3) is 0.600. The van der Waals surface area contributed by atoms with Crippen molar-refractivity contribution in [3.63, 3.8) is 0 Å². The highest BCUT2D eigenvalue weighted by molar-refractivity contribution is 5.82. The molecule has 2 heterocycles. The molecule has 1 aliphatic heterocycles. The van der Waals surface area contributed by atoms with Crippen molar-refractivity contribution in [2.75, 3.05) is 13.1 Å². The molecule has 20 heavy (non-hydrogen) atoms. The van der Waals surface area contributed by atoms with Crippen molar-refractivity contribution in [1.82, 2.24) is 15.2 Å². The van der Waals surface area contributed by atoms with Gasteiger partial charge in [-0.15, -0.1) is 0 Å². The number of carbonyl (C=O) groups is 2. The summed E-state index contributed by atoms with van der Waals surface area (Å²) in [5.41, 5.74) is 1.08. The molecule has 2 N–H and O–H groups in total. The number of rotatable bonds is 4. The number of H-pyrrole nitrogens is 1. The Labute approximate surface area is 118 Å². The minimum atomic E-state index is 0.0530. The zero-order chi connectivity index (χ0) is 13.9. The Hall–Kier alpha value is -1.78. The van der Waals surface area contributed by atoms with Gasteiger partial charge >= 0.3 is 0 Å². The van der Waals surface area contributed by atoms with E-state index in [-0.39, 0.29) is 17.7 Å². The van der Waals surface area contributed by atoms with E-state index < -0.39 is 0 Å². The molecule has 3 rings (SSSR count). The number of likely N-dealkylation sites (tertiary alicyclic amines) is 1. The van der Waals surface area contributed by atoms with E-state index in [0.29, 0.717) is 12.5 Å². The first-order chi connectivity index (χ1) is 9.74. The van der Waals surface area contributed by atoms with Crippen LogP contribution < -0.4 is 5.32 Å². The molecule has 1 saturated carbocycles. The van der Waals surface area contributed by atoms with Crippen LogP contribution in [0, 0.1) is 11.8 Å². The molecular formula is C15H21N3O2. The predicted molar refractivity (Wildman–Crippen MR) is 74.7 cm³/mol. The van der Waals surface area contributed by atoms with E-state index in [2.05, 4.69) is 10.3 Å². The first-order valence-corrected chi connectivity index (χ1v) is 7.42. The summed E-state index contributed by atoms with van der Waals surface area (Å²) in [6.45, 7) is 2.04. The number of nitrogens with one attached hydrogen (secondary N) is 2. The first-order valence-electron chi connectivity index (χ1n) is 7.42. The standard InChI is InChI=1S/C15H21N3O2/c19-14(17-10-11-3-6-16-9-11)12-4-7-18(8-5-12)15(20)13-1-2-13/h3,6,9,12-13,16H,1-2,4-5,7-8,10H2,(H,17,19). The summed E-state index contributed by atoms with van der Waals surface area (Å²) in [5, 5.41) is 2.97. The number of hydrogen-bond acceptors (Lipinski definition) is 2. The van der Waals surface area contributed by atoms with Crippen LogP contribution in [-0.4, -0.2) is 34.8 Å². The van der Waals surface area contributed by atoms with Crippen molar-refractivity contribution in [3.05, 3.63) is 24.0 Å². The molecule has 1 aromatic heterocycles. The molecule has 1 saturated heterocycles. The maximum Gasteiger partial charge on any atom is 0.225 e. The van der Waals surface area contributed by atoms with Crippen LogP contribution in [0.4, 0.5) is 0 Å². The van der Waals surface area contributed by atoms with Gasteiger partial charge < -0.3 is 15.2 Å². The lowest BCUT2D eigenvalue weighted by Crippen LogP contribution is -2.43. The smallest absolute Gasteiger partial charge is 0.225 e. The fourth-order valence-corrected chi connectivity index (χ4v) is 2.75. The van der Waals surface area contributed by atoms with Gasteiger partial charge in [0.25, 0.3) is 0 Å². The second kappa shape index (κ2) is 5.69. The summed E-state index contributed by atoms with van der Waals surface area (Å²) in [6, 6.07) is 1.96. The lowest BCUT2D eigenvalue weighted by Gasteiger charge is -2.31. The van der Waals surface area contributed by atoms with Gasteiger partial charge in [0.1, 0.15) is 0 Å². The maximum atomic E-state index is 12.1. The average molecular weight is 275 g/mol. The molecule has 5 heteroatoms. The second-order valence-electron chi connectivity index (χ2n) is 5.81. The van der Waals surface area contributed by atoms with E-state index in [4.69, 9.17) is 0 Å². The minimum absolute atomic E-state index is 0.0530. The Morgan fingerprint density at radius 2 is 1.95 bits per heavy atom. The largest absolute Gasteiger partial charge is 0.367 e. The number of nitrogens with zero attached hydrogens (tertiary/aromatic N) is 1. The zero-order valence-electron chi connectivity index (χ0n) is 11.6. The average Bonchev–Trinajstić information content (AvgIpc) is 3.21. The summed E-state index contributed by atoms with van der Waals surface area (Å²) < 4.78 is 0. The minimum Gasteiger partial charge on any atom is -0.367 e. The molecule has 0 aromatic carbocycles. The van der Waals surface area contributed by atoms with E-state index in [1.165, 1.54) is 0 Å². The van der Waals surface area contributed by atoms with Gasteiger partial charge in [0, 0.05) is 43.9 Å². The van der Waals surface area contributed by atoms with E-state index in [1.807, 2.05) is 23.4 Å². The van der Waals surface area contributed by atoms with Gasteiger partial charge in [-0.2, -0.15) is 0 Å². The Kier molecular flexibility index (Phi) is 3.76. The number of piperidine rings is 1. The van der Waals surface area contributed by atoms with Gasteiger partial charge in [0.05, 0.1) is 0 Å². The molecule has 5 nitrogen and oxygen atoms in total. The van der Waals surface area contributed by atoms with Crippen LogP contribution in [0.25, 0.3) is 0 Å². The van der Waals surface area contributed by atoms with Crippen molar-refractivity contribution in [1.29, 1.82) is 0 Å². The first kappa shape index (κ1) is 13.2. The highest BCUT2D eigenvalue weighted by Crippen LogP contribution is 2.32. The van der Waals surface area contributed by atoms with Crippen LogP contribution in [0.15, 0.2) is 18.5 Å². The van der Waals surface area contributed by atoms with Crippen LogP contribution in [-0.2, 0) is 16.1 Å². The van der Waals surface area contributed by atoms with E-state index in [9.17, 15) is 9.59 Å². The molecule has 2 aliphatic rings. The third-order valence-corrected chi connectivity index (χ3v) is 4.23. The topological polar surface area (TPSA) is 65.2 Å². The Morgan fingerprint density at radius 3 is 2.55 bits per heavy atom. The molecule has 108 valence electrons. The van der Waals surface area contributed by atoms with Gasteiger partial charge in [0.15, 0.2) is 0 Å². The number of hydrogen-bond donors (Lipinski definition) is 2. The van der Waals surface area contributed by atoms with Gasteiger partial charge in [-0.05, 0) is 37.3 Å². The third kappa shape index (κ3) is 3.03. The lowest BCUT2D eigenvalue weighted by atomic mass is 9.95. The van der Waals surface area contributed by atoms with Crippen molar-refractivity contribution < 1.29 is 9.59 Å². The maximum absolute atomic E-state index is 12.1. The molecule has 1 aliphatic carbocycles. The molecule has 0 unspecified atom stereocenters. The second-order valence-corrected chi connectivity index (χ2v) is 5.81. The third-order valence-electron chi connectivity index (χ3n) is 4.23. The summed E-state index contributed by atoms with van der Waals surface area (Å²) in [6.07, 6.45) is 7.42. The van der Waals surface area contributed by atoms with Crippen molar-refractivity contribution >= 4 is 11.8 Å². The summed E-state index contributed by atoms with van der Waals surface area (Å²) in [4.78, 5) is 28.9. The van der Waals surface area contributed by atoms with Crippen LogP contribution in [0.5, 0.6) is 0 Å². The number of amides is 2. The number of aromatic nitrogens is 1. The van der Waals surface area contributed by atoms with Gasteiger partial charge in [-0.25, -0.2) is 0 Å². The van der Waals surface area contributed by atoms with Crippen LogP contribution in [0.2, 0.25) is 0 Å². The molecular weight excluding hydrogens is 254 g/mol. The van der Waals surface area contributed by atoms with Crippen molar-refractivity contribution in [3.8, 4) is 0 Å². The summed E-state index contributed by atoms with van der Waals surface area (Å²) in [7, 11) is 0. The Balaban J connectivity index is 1.42. The monoisotopic (exact) mass is 275 g/mol. The van der Waals surface area contributed by atoms with E-state index >= 15 is 0 Å². The Bertz CT molecular complexity index is 471. The number of carbonyl (C=O) groups excluding carboxylic acids is 2. The normalized spacial score (nSPS) is 19.9. The fourth-order valence-electron chi connectivity index (χ4n) is 2.75. The van der Waals surface area contributed by atoms with Crippen LogP contribution in [0.3, 0.4) is 0 Å². The van der Waals surface area contributed by atoms with Gasteiger partial charge in [-0.3, -0.25) is 9.59 Å². The SMILES string of the molecule is O=C(NCc1cc[nH]c1)C1CCN(C(=O)C2CC2)CC1. The molecule has 0 bridgehead atoms. The highest BCUT2D eigenvalue weighted by Gasteiger charge is 2.35. The predicted octanol–water partition coefficient (Wildman–Crippen LogP) is 1.28. The highest BCUT2D eigenvalue weighted by atomic mass is 16.2. The molecule has 0 radical (unpaired) electrons. The molecule has 2 fully saturated rings. The molecule has 2 amide bonds. The number of aromatic amines is 1. The summed E-state index contributed by atoms with van der Waals surface area (Å²) in [5.74, 6) is 0.757. The molecule has 0 atom stereocenters. The van der Waals surface area contributed by atoms with Gasteiger partial charge in [-0.1, -0.05) is 0 Å². The van der Waals surface area contributed by atoms with Crippen LogP contribution >= 0.6 is 0 Å². The van der Waals surface area contributed by atoms with Crippen molar-refractivity contribution in [2.24, 2.45) is 11.8 Å². The zero-order valence-corrected chi connectivity index (χ0v) is 11.6. The Morgan fingerprint density at radius 1 is 1.20 bits per heavy atom. The van der Waals surface area contributed by atoms with Crippen molar-refractivity contribution in [2.45, 2.75) is 32.2 Å². The van der Waals surface area contributed by atoms with E-state index in [1.54, 1.807) is 0 Å².